The minimum Gasteiger partial charge on any atom is -0.508 e. The Morgan fingerprint density at radius 3 is 2.00 bits per heavy atom. The Kier molecular flexibility index (Phi) is 5.68. The first-order valence-corrected chi connectivity index (χ1v) is 7.85. The van der Waals surface area contributed by atoms with Crippen molar-refractivity contribution >= 4 is 6.09 Å². The van der Waals surface area contributed by atoms with Crippen molar-refractivity contribution in [2.24, 2.45) is 0 Å². The van der Waals surface area contributed by atoms with Crippen LogP contribution >= 0.6 is 0 Å². The second-order valence-corrected chi connectivity index (χ2v) is 5.81. The molecule has 0 saturated heterocycles. The SMILES string of the molecule is COc1ccc(OC(=O)N(C(C)C)[C@H](C)c2ccc(O)cc2)cc1. The Morgan fingerprint density at radius 1 is 0.958 bits per heavy atom. The number of phenolic OH excluding ortho intramolecular Hbond substituents is 1. The smallest absolute Gasteiger partial charge is 0.415 e. The third kappa shape index (κ3) is 4.19. The lowest BCUT2D eigenvalue weighted by Crippen LogP contribution is -2.40. The van der Waals surface area contributed by atoms with Gasteiger partial charge in [-0.1, -0.05) is 12.1 Å². The van der Waals surface area contributed by atoms with E-state index in [0.717, 1.165) is 5.56 Å². The van der Waals surface area contributed by atoms with Gasteiger partial charge < -0.3 is 14.6 Å². The molecule has 5 nitrogen and oxygen atoms in total. The summed E-state index contributed by atoms with van der Waals surface area (Å²) in [6.07, 6.45) is -0.421. The van der Waals surface area contributed by atoms with E-state index in [4.69, 9.17) is 9.47 Å². The zero-order valence-corrected chi connectivity index (χ0v) is 14.4. The lowest BCUT2D eigenvalue weighted by Gasteiger charge is -2.32. The zero-order valence-electron chi connectivity index (χ0n) is 14.4. The Bertz CT molecular complexity index is 665. The van der Waals surface area contributed by atoms with Crippen LogP contribution in [-0.2, 0) is 0 Å². The summed E-state index contributed by atoms with van der Waals surface area (Å²) in [6.45, 7) is 5.81. The summed E-state index contributed by atoms with van der Waals surface area (Å²) >= 11 is 0. The predicted molar refractivity (Wildman–Crippen MR) is 92.5 cm³/mol. The number of amides is 1. The maximum Gasteiger partial charge on any atom is 0.415 e. The highest BCUT2D eigenvalue weighted by Gasteiger charge is 2.26. The standard InChI is InChI=1S/C19H23NO4/c1-13(2)20(14(3)15-5-7-16(21)8-6-15)19(22)24-18-11-9-17(23-4)10-12-18/h5-14,21H,1-4H3/t14-/m1/s1. The molecule has 128 valence electrons. The van der Waals surface area contributed by atoms with E-state index in [2.05, 4.69) is 0 Å². The van der Waals surface area contributed by atoms with Gasteiger partial charge in [0.25, 0.3) is 0 Å². The van der Waals surface area contributed by atoms with Gasteiger partial charge in [0.15, 0.2) is 0 Å². The fraction of sp³-hybridized carbons (Fsp3) is 0.316. The number of carbonyl (C=O) groups is 1. The molecule has 1 N–H and O–H groups in total. The van der Waals surface area contributed by atoms with E-state index in [1.54, 1.807) is 60.5 Å². The van der Waals surface area contributed by atoms with Gasteiger partial charge in [-0.2, -0.15) is 0 Å². The van der Waals surface area contributed by atoms with Crippen LogP contribution in [0.2, 0.25) is 0 Å². The van der Waals surface area contributed by atoms with Gasteiger partial charge in [0.1, 0.15) is 17.2 Å². The molecule has 1 amide bonds. The summed E-state index contributed by atoms with van der Waals surface area (Å²) in [5.74, 6) is 1.36. The van der Waals surface area contributed by atoms with Gasteiger partial charge in [-0.15, -0.1) is 0 Å². The van der Waals surface area contributed by atoms with Crippen LogP contribution in [0.15, 0.2) is 48.5 Å². The van der Waals surface area contributed by atoms with Crippen molar-refractivity contribution in [1.82, 2.24) is 4.90 Å². The summed E-state index contributed by atoms with van der Waals surface area (Å²) < 4.78 is 10.6. The number of benzene rings is 2. The number of aromatic hydroxyl groups is 1. The summed E-state index contributed by atoms with van der Waals surface area (Å²) in [7, 11) is 1.58. The molecule has 2 aromatic rings. The fourth-order valence-corrected chi connectivity index (χ4v) is 2.53. The molecule has 0 aromatic heterocycles. The molecular formula is C19H23NO4. The van der Waals surface area contributed by atoms with Gasteiger partial charge in [0.05, 0.1) is 13.2 Å². The van der Waals surface area contributed by atoms with Gasteiger partial charge >= 0.3 is 6.09 Å². The molecule has 0 heterocycles. The first-order valence-electron chi connectivity index (χ1n) is 7.85. The number of hydrogen-bond acceptors (Lipinski definition) is 4. The summed E-state index contributed by atoms with van der Waals surface area (Å²) in [6, 6.07) is 13.5. The number of phenols is 1. The van der Waals surface area contributed by atoms with E-state index < -0.39 is 6.09 Å². The molecule has 0 aliphatic heterocycles. The van der Waals surface area contributed by atoms with Crippen molar-refractivity contribution in [2.45, 2.75) is 32.9 Å². The van der Waals surface area contributed by atoms with Crippen LogP contribution in [0, 0.1) is 0 Å². The van der Waals surface area contributed by atoms with Crippen molar-refractivity contribution in [2.75, 3.05) is 7.11 Å². The number of nitrogens with zero attached hydrogens (tertiary/aromatic N) is 1. The summed E-state index contributed by atoms with van der Waals surface area (Å²) in [4.78, 5) is 14.3. The third-order valence-electron chi connectivity index (χ3n) is 3.82. The van der Waals surface area contributed by atoms with Crippen molar-refractivity contribution in [1.29, 1.82) is 0 Å². The average molecular weight is 329 g/mol. The molecule has 0 spiro atoms. The van der Waals surface area contributed by atoms with Crippen molar-refractivity contribution in [3.8, 4) is 17.2 Å². The van der Waals surface area contributed by atoms with Crippen LogP contribution in [0.1, 0.15) is 32.4 Å². The second kappa shape index (κ2) is 7.73. The quantitative estimate of drug-likeness (QED) is 0.885. The van der Waals surface area contributed by atoms with E-state index in [-0.39, 0.29) is 17.8 Å². The maximum absolute atomic E-state index is 12.6. The molecule has 0 fully saturated rings. The lowest BCUT2D eigenvalue weighted by atomic mass is 10.1. The molecule has 2 rings (SSSR count). The zero-order chi connectivity index (χ0) is 17.7. The summed E-state index contributed by atoms with van der Waals surface area (Å²) in [5, 5.41) is 9.42. The van der Waals surface area contributed by atoms with Crippen LogP contribution < -0.4 is 9.47 Å². The van der Waals surface area contributed by atoms with Gasteiger partial charge in [-0.25, -0.2) is 4.79 Å². The number of hydrogen-bond donors (Lipinski definition) is 1. The number of carbonyl (C=O) groups excluding carboxylic acids is 1. The minimum absolute atomic E-state index is 0.0421. The van der Waals surface area contributed by atoms with Gasteiger partial charge in [-0.05, 0) is 62.7 Å². The Morgan fingerprint density at radius 2 is 1.50 bits per heavy atom. The average Bonchev–Trinajstić information content (AvgIpc) is 2.56. The first kappa shape index (κ1) is 17.7. The van der Waals surface area contributed by atoms with Crippen molar-refractivity contribution in [3.63, 3.8) is 0 Å². The van der Waals surface area contributed by atoms with E-state index in [9.17, 15) is 9.90 Å². The van der Waals surface area contributed by atoms with Crippen LogP contribution in [-0.4, -0.2) is 29.3 Å². The van der Waals surface area contributed by atoms with Crippen LogP contribution in [0.3, 0.4) is 0 Å². The summed E-state index contributed by atoms with van der Waals surface area (Å²) in [5.41, 5.74) is 0.924. The minimum atomic E-state index is -0.421. The van der Waals surface area contributed by atoms with Crippen LogP contribution in [0.4, 0.5) is 4.79 Å². The molecule has 0 radical (unpaired) electrons. The lowest BCUT2D eigenvalue weighted by molar-refractivity contribution is 0.118. The second-order valence-electron chi connectivity index (χ2n) is 5.81. The molecule has 5 heteroatoms. The van der Waals surface area contributed by atoms with Crippen molar-refractivity contribution < 1.29 is 19.4 Å². The van der Waals surface area contributed by atoms with Crippen LogP contribution in [0.25, 0.3) is 0 Å². The Balaban J connectivity index is 2.16. The third-order valence-corrected chi connectivity index (χ3v) is 3.82. The molecule has 2 aromatic carbocycles. The van der Waals surface area contributed by atoms with Gasteiger partial charge in [-0.3, -0.25) is 4.90 Å². The first-order chi connectivity index (χ1) is 11.4. The molecule has 0 bridgehead atoms. The Labute approximate surface area is 142 Å². The van der Waals surface area contributed by atoms with E-state index in [1.165, 1.54) is 0 Å². The molecule has 0 saturated carbocycles. The monoisotopic (exact) mass is 329 g/mol. The van der Waals surface area contributed by atoms with Gasteiger partial charge in [0, 0.05) is 6.04 Å². The molecule has 1 atom stereocenters. The van der Waals surface area contributed by atoms with E-state index >= 15 is 0 Å². The molecular weight excluding hydrogens is 306 g/mol. The van der Waals surface area contributed by atoms with E-state index in [0.29, 0.717) is 11.5 Å². The number of ether oxygens (including phenoxy) is 2. The fourth-order valence-electron chi connectivity index (χ4n) is 2.53. The normalized spacial score (nSPS) is 11.9. The van der Waals surface area contributed by atoms with Crippen LogP contribution in [0.5, 0.6) is 17.2 Å². The highest BCUT2D eigenvalue weighted by molar-refractivity contribution is 5.71. The van der Waals surface area contributed by atoms with E-state index in [1.807, 2.05) is 20.8 Å². The molecule has 0 aliphatic carbocycles. The van der Waals surface area contributed by atoms with Gasteiger partial charge in [0.2, 0.25) is 0 Å². The highest BCUT2D eigenvalue weighted by atomic mass is 16.6. The highest BCUT2D eigenvalue weighted by Crippen LogP contribution is 2.26. The molecule has 24 heavy (non-hydrogen) atoms. The number of rotatable bonds is 5. The Hall–Kier alpha value is -2.69. The topological polar surface area (TPSA) is 59.0 Å². The molecule has 0 aliphatic rings. The molecule has 0 unspecified atom stereocenters. The predicted octanol–water partition coefficient (Wildman–Crippen LogP) is 4.37. The van der Waals surface area contributed by atoms with Crippen molar-refractivity contribution in [3.05, 3.63) is 54.1 Å². The number of methoxy groups -OCH3 is 1. The largest absolute Gasteiger partial charge is 0.508 e. The maximum atomic E-state index is 12.6.